The third-order valence-electron chi connectivity index (χ3n) is 9.48. The van der Waals surface area contributed by atoms with Crippen LogP contribution in [-0.4, -0.2) is 43.4 Å². The van der Waals surface area contributed by atoms with E-state index >= 15 is 0 Å². The monoisotopic (exact) mass is 404 g/mol. The fourth-order valence-corrected chi connectivity index (χ4v) is 7.81. The fraction of sp³-hybridized carbons (Fsp3) is 0.917. The zero-order chi connectivity index (χ0) is 20.6. The van der Waals surface area contributed by atoms with Crippen molar-refractivity contribution < 1.29 is 14.7 Å². The minimum absolute atomic E-state index is 0.0904. The minimum atomic E-state index is -0.0904. The number of ketones is 1. The molecule has 1 unspecified atom stereocenters. The molecule has 0 aromatic carbocycles. The molecule has 29 heavy (non-hydrogen) atoms. The zero-order valence-electron chi connectivity index (χ0n) is 18.6. The van der Waals surface area contributed by atoms with Crippen LogP contribution in [-0.2, 0) is 9.63 Å². The maximum absolute atomic E-state index is 12.6. The molecule has 4 rings (SSSR count). The van der Waals surface area contributed by atoms with E-state index in [2.05, 4.69) is 24.3 Å². The number of hydrogen-bond donors (Lipinski definition) is 2. The maximum atomic E-state index is 12.6. The number of nitrogens with one attached hydrogen (secondary N) is 1. The molecule has 0 saturated heterocycles. The van der Waals surface area contributed by atoms with Gasteiger partial charge in [0.15, 0.2) is 0 Å². The van der Waals surface area contributed by atoms with Gasteiger partial charge in [-0.3, -0.25) is 4.79 Å². The lowest BCUT2D eigenvalue weighted by Gasteiger charge is -2.61. The maximum Gasteiger partial charge on any atom is 0.139 e. The number of rotatable bonds is 6. The van der Waals surface area contributed by atoms with E-state index in [9.17, 15) is 9.90 Å². The molecule has 0 amide bonds. The van der Waals surface area contributed by atoms with Gasteiger partial charge in [0, 0.05) is 18.4 Å². The molecule has 0 bridgehead atoms. The number of aliphatic hydroxyl groups is 1. The predicted octanol–water partition coefficient (Wildman–Crippen LogP) is 3.80. The van der Waals surface area contributed by atoms with Gasteiger partial charge in [-0.2, -0.15) is 0 Å². The lowest BCUT2D eigenvalue weighted by Crippen LogP contribution is -2.56. The highest BCUT2D eigenvalue weighted by molar-refractivity contribution is 5.87. The number of aliphatic hydroxyl groups excluding tert-OH is 1. The van der Waals surface area contributed by atoms with Crippen molar-refractivity contribution in [2.75, 3.05) is 26.8 Å². The molecule has 4 saturated carbocycles. The van der Waals surface area contributed by atoms with Crippen LogP contribution in [0.4, 0.5) is 0 Å². The van der Waals surface area contributed by atoms with E-state index < -0.39 is 0 Å². The van der Waals surface area contributed by atoms with Gasteiger partial charge in [-0.25, -0.2) is 0 Å². The van der Waals surface area contributed by atoms with Gasteiger partial charge in [-0.05, 0) is 100.0 Å². The summed E-state index contributed by atoms with van der Waals surface area (Å²) >= 11 is 0. The average Bonchev–Trinajstić information content (AvgIpc) is 3.02. The van der Waals surface area contributed by atoms with E-state index in [0.717, 1.165) is 57.9 Å². The molecular formula is C24H40N2O3. The van der Waals surface area contributed by atoms with Gasteiger partial charge >= 0.3 is 0 Å². The van der Waals surface area contributed by atoms with E-state index in [1.165, 1.54) is 12.1 Å². The molecule has 5 heteroatoms. The van der Waals surface area contributed by atoms with Crippen LogP contribution in [0.25, 0.3) is 0 Å². The van der Waals surface area contributed by atoms with Crippen LogP contribution in [0.2, 0.25) is 0 Å². The number of carbonyl (C=O) groups is 1. The Morgan fingerprint density at radius 3 is 2.76 bits per heavy atom. The Kier molecular flexibility index (Phi) is 6.09. The molecule has 0 radical (unpaired) electrons. The highest BCUT2D eigenvalue weighted by Gasteiger charge is 2.61. The molecule has 0 aliphatic heterocycles. The number of nitrogens with zero attached hydrogens (tertiary/aromatic N) is 1. The molecule has 0 heterocycles. The van der Waals surface area contributed by atoms with Crippen LogP contribution in [0.1, 0.15) is 71.6 Å². The Morgan fingerprint density at radius 2 is 2.00 bits per heavy atom. The average molecular weight is 405 g/mol. The number of hydrogen-bond acceptors (Lipinski definition) is 5. The van der Waals surface area contributed by atoms with Gasteiger partial charge in [0.1, 0.15) is 12.4 Å². The van der Waals surface area contributed by atoms with Crippen molar-refractivity contribution >= 4 is 11.5 Å². The summed E-state index contributed by atoms with van der Waals surface area (Å²) in [6.45, 7) is 6.60. The molecule has 164 valence electrons. The quantitative estimate of drug-likeness (QED) is 0.522. The molecule has 7 atom stereocenters. The molecule has 2 N–H and O–H groups in total. The molecule has 4 aliphatic rings. The fourth-order valence-electron chi connectivity index (χ4n) is 7.81. The van der Waals surface area contributed by atoms with E-state index in [0.29, 0.717) is 42.0 Å². The van der Waals surface area contributed by atoms with Crippen molar-refractivity contribution in [1.82, 2.24) is 5.32 Å². The number of oxime groups is 1. The van der Waals surface area contributed by atoms with Crippen LogP contribution in [0.3, 0.4) is 0 Å². The Labute approximate surface area is 176 Å². The zero-order valence-corrected chi connectivity index (χ0v) is 18.6. The smallest absolute Gasteiger partial charge is 0.139 e. The van der Waals surface area contributed by atoms with Crippen LogP contribution in [0.5, 0.6) is 0 Å². The van der Waals surface area contributed by atoms with E-state index in [1.54, 1.807) is 0 Å². The van der Waals surface area contributed by atoms with E-state index in [-0.39, 0.29) is 17.4 Å². The summed E-state index contributed by atoms with van der Waals surface area (Å²) in [6, 6.07) is 0. The number of fused-ring (bicyclic) bond motifs is 5. The van der Waals surface area contributed by atoms with Gasteiger partial charge in [-0.15, -0.1) is 0 Å². The van der Waals surface area contributed by atoms with Crippen LogP contribution >= 0.6 is 0 Å². The third-order valence-corrected chi connectivity index (χ3v) is 9.48. The second kappa shape index (κ2) is 8.30. The SMILES string of the molecule is CNCCCON=C1CC[C@@]2(C)C(C1)[C@@H](CO)C[C@@H]1[C@@H]2CC[C@]2(C)C(=O)CC[C@@H]12. The van der Waals surface area contributed by atoms with Crippen molar-refractivity contribution in [3.05, 3.63) is 0 Å². The Hall–Kier alpha value is -0.940. The summed E-state index contributed by atoms with van der Waals surface area (Å²) in [5.74, 6) is 3.15. The van der Waals surface area contributed by atoms with Crippen molar-refractivity contribution in [3.8, 4) is 0 Å². The van der Waals surface area contributed by atoms with Gasteiger partial charge < -0.3 is 15.3 Å². The van der Waals surface area contributed by atoms with Gasteiger partial charge in [-0.1, -0.05) is 19.0 Å². The van der Waals surface area contributed by atoms with Crippen molar-refractivity contribution in [2.45, 2.75) is 71.6 Å². The highest BCUT2D eigenvalue weighted by atomic mass is 16.6. The Balaban J connectivity index is 1.50. The van der Waals surface area contributed by atoms with E-state index in [4.69, 9.17) is 4.84 Å². The Bertz CT molecular complexity index is 650. The van der Waals surface area contributed by atoms with Crippen molar-refractivity contribution in [3.63, 3.8) is 0 Å². The second-order valence-corrected chi connectivity index (χ2v) is 10.7. The summed E-state index contributed by atoms with van der Waals surface area (Å²) in [5.41, 5.74) is 1.35. The van der Waals surface area contributed by atoms with Crippen LogP contribution in [0.15, 0.2) is 5.16 Å². The number of Topliss-reactive ketones (excluding diaryl/α,β-unsaturated/α-hetero) is 1. The summed E-state index contributed by atoms with van der Waals surface area (Å²) in [7, 11) is 1.95. The van der Waals surface area contributed by atoms with Gasteiger partial charge in [0.25, 0.3) is 0 Å². The summed E-state index contributed by atoms with van der Waals surface area (Å²) in [5, 5.41) is 17.9. The molecule has 0 aromatic heterocycles. The van der Waals surface area contributed by atoms with Crippen molar-refractivity contribution in [2.24, 2.45) is 45.6 Å². The molecule has 4 aliphatic carbocycles. The normalized spacial score (nSPS) is 45.6. The first kappa shape index (κ1) is 21.3. The van der Waals surface area contributed by atoms with Gasteiger partial charge in [0.2, 0.25) is 0 Å². The summed E-state index contributed by atoms with van der Waals surface area (Å²) < 4.78 is 0. The van der Waals surface area contributed by atoms with E-state index in [1.807, 2.05) is 7.05 Å². The summed E-state index contributed by atoms with van der Waals surface area (Å²) in [6.07, 6.45) is 9.28. The third kappa shape index (κ3) is 3.56. The lowest BCUT2D eigenvalue weighted by molar-refractivity contribution is -0.145. The molecular weight excluding hydrogens is 364 g/mol. The summed E-state index contributed by atoms with van der Waals surface area (Å²) in [4.78, 5) is 18.2. The molecule has 0 spiro atoms. The van der Waals surface area contributed by atoms with Crippen LogP contribution in [0, 0.1) is 40.4 Å². The minimum Gasteiger partial charge on any atom is -0.396 e. The first-order valence-corrected chi connectivity index (χ1v) is 11.9. The topological polar surface area (TPSA) is 70.9 Å². The Morgan fingerprint density at radius 1 is 1.17 bits per heavy atom. The number of carbonyl (C=O) groups excluding carboxylic acids is 1. The first-order valence-electron chi connectivity index (χ1n) is 11.9. The molecule has 5 nitrogen and oxygen atoms in total. The molecule has 0 aromatic rings. The largest absolute Gasteiger partial charge is 0.396 e. The highest BCUT2D eigenvalue weighted by Crippen LogP contribution is 2.66. The predicted molar refractivity (Wildman–Crippen MR) is 115 cm³/mol. The van der Waals surface area contributed by atoms with Gasteiger partial charge in [0.05, 0.1) is 5.71 Å². The first-order chi connectivity index (χ1) is 13.9. The standard InChI is InChI=1S/C24H40N2O3/c1-23-9-7-17(26-29-12-4-11-25-3)14-21(23)16(15-27)13-18-19-5-6-22(28)24(19,2)10-8-20(18)23/h16,18-21,25,27H,4-15H2,1-3H3/t16-,18+,19+,20+,21?,23-,24+/m1/s1. The second-order valence-electron chi connectivity index (χ2n) is 10.7. The lowest BCUT2D eigenvalue weighted by atomic mass is 9.43. The van der Waals surface area contributed by atoms with Crippen molar-refractivity contribution in [1.29, 1.82) is 0 Å². The van der Waals surface area contributed by atoms with Crippen LogP contribution < -0.4 is 5.32 Å². The molecule has 4 fully saturated rings.